The Morgan fingerprint density at radius 3 is 1.33 bits per heavy atom. The highest BCUT2D eigenvalue weighted by molar-refractivity contribution is 6.10. The average molecular weight is 845 g/mol. The molecule has 0 aliphatic carbocycles. The molecule has 10 rings (SSSR count). The van der Waals surface area contributed by atoms with Crippen molar-refractivity contribution < 1.29 is 28.5 Å². The molecule has 0 atom stereocenters. The highest BCUT2D eigenvalue weighted by atomic mass is 19.1. The first kappa shape index (κ1) is 40.1. The Morgan fingerprint density at radius 2 is 0.891 bits per heavy atom. The van der Waals surface area contributed by atoms with Crippen LogP contribution in [-0.4, -0.2) is 32.6 Å². The summed E-state index contributed by atoms with van der Waals surface area (Å²) in [5.41, 5.74) is 8.03. The predicted octanol–water partition coefficient (Wildman–Crippen LogP) is 13.8. The van der Waals surface area contributed by atoms with Crippen LogP contribution in [0.5, 0.6) is 23.0 Å². The predicted molar refractivity (Wildman–Crippen MR) is 253 cm³/mol. The fourth-order valence-corrected chi connectivity index (χ4v) is 8.96. The lowest BCUT2D eigenvalue weighted by Gasteiger charge is -2.18. The fourth-order valence-electron chi connectivity index (χ4n) is 8.96. The summed E-state index contributed by atoms with van der Waals surface area (Å²) in [7, 11) is 0. The van der Waals surface area contributed by atoms with E-state index in [0.717, 1.165) is 49.2 Å². The van der Waals surface area contributed by atoms with Gasteiger partial charge in [0.15, 0.2) is 0 Å². The van der Waals surface area contributed by atoms with Gasteiger partial charge in [0.05, 0.1) is 46.7 Å². The van der Waals surface area contributed by atoms with Gasteiger partial charge >= 0.3 is 0 Å². The van der Waals surface area contributed by atoms with E-state index in [9.17, 15) is 14.6 Å². The Bertz CT molecular complexity index is 3390. The number of rotatable bonds is 11. The molecule has 2 N–H and O–H groups in total. The Hall–Kier alpha value is -8.02. The molecule has 0 radical (unpaired) electrons. The molecule has 0 unspecified atom stereocenters. The van der Waals surface area contributed by atoms with Crippen molar-refractivity contribution in [1.29, 1.82) is 0 Å². The molecule has 6 nitrogen and oxygen atoms in total. The van der Waals surface area contributed by atoms with Crippen LogP contribution in [-0.2, 0) is 0 Å². The van der Waals surface area contributed by atoms with Crippen LogP contribution in [0, 0.1) is 30.4 Å². The van der Waals surface area contributed by atoms with Crippen molar-refractivity contribution in [2.24, 2.45) is 0 Å². The number of phenols is 2. The van der Waals surface area contributed by atoms with Gasteiger partial charge in [0.2, 0.25) is 0 Å². The minimum atomic E-state index is -0.475. The summed E-state index contributed by atoms with van der Waals surface area (Å²) in [6.07, 6.45) is 1.14. The summed E-state index contributed by atoms with van der Waals surface area (Å²) in [5.74, 6) is 6.00. The molecular weight excluding hydrogens is 803 g/mol. The van der Waals surface area contributed by atoms with Gasteiger partial charge in [0, 0.05) is 49.4 Å². The molecule has 0 saturated carbocycles. The van der Waals surface area contributed by atoms with Crippen molar-refractivity contribution in [3.63, 3.8) is 0 Å². The SMILES string of the molecule is CC#Cc1cc(-c2cc(F)ccc2OCCCCOc2ccc(F)cc2-c2cc(C)cc(-n3c4ccccc4c4ccccc43)c2O)c(O)c(-n2c3ccccc3c3ccccc32)c1. The maximum Gasteiger partial charge on any atom is 0.147 e. The van der Waals surface area contributed by atoms with E-state index in [1.54, 1.807) is 25.1 Å². The molecule has 314 valence electrons. The molecule has 0 amide bonds. The highest BCUT2D eigenvalue weighted by Crippen LogP contribution is 2.45. The van der Waals surface area contributed by atoms with Crippen molar-refractivity contribution in [3.05, 3.63) is 180 Å². The van der Waals surface area contributed by atoms with Crippen molar-refractivity contribution in [1.82, 2.24) is 9.13 Å². The molecule has 8 heteroatoms. The number of aryl methyl sites for hydroxylation is 1. The second kappa shape index (κ2) is 16.7. The van der Waals surface area contributed by atoms with Gasteiger partial charge in [0.25, 0.3) is 0 Å². The normalized spacial score (nSPS) is 11.4. The zero-order valence-corrected chi connectivity index (χ0v) is 35.2. The van der Waals surface area contributed by atoms with Gasteiger partial charge in [-0.15, -0.1) is 5.92 Å². The fraction of sp³-hybridized carbons (Fsp3) is 0.107. The third-order valence-corrected chi connectivity index (χ3v) is 11.8. The van der Waals surface area contributed by atoms with Crippen molar-refractivity contribution in [2.45, 2.75) is 26.7 Å². The molecule has 2 heterocycles. The van der Waals surface area contributed by atoms with Gasteiger partial charge in [-0.05, 0) is 117 Å². The first-order chi connectivity index (χ1) is 31.3. The average Bonchev–Trinajstić information content (AvgIpc) is 3.82. The first-order valence-corrected chi connectivity index (χ1v) is 21.2. The summed E-state index contributed by atoms with van der Waals surface area (Å²) in [5, 5.41) is 28.3. The maximum atomic E-state index is 15.1. The van der Waals surface area contributed by atoms with E-state index in [-0.39, 0.29) is 24.7 Å². The second-order valence-electron chi connectivity index (χ2n) is 15.9. The van der Waals surface area contributed by atoms with Crippen LogP contribution in [0.1, 0.15) is 30.9 Å². The van der Waals surface area contributed by atoms with E-state index in [1.807, 2.05) is 107 Å². The number of nitrogens with zero attached hydrogens (tertiary/aromatic N) is 2. The van der Waals surface area contributed by atoms with E-state index in [1.165, 1.54) is 24.3 Å². The number of aromatic nitrogens is 2. The number of benzene rings is 8. The lowest BCUT2D eigenvalue weighted by atomic mass is 9.99. The molecule has 0 saturated heterocycles. The third kappa shape index (κ3) is 7.11. The van der Waals surface area contributed by atoms with Crippen molar-refractivity contribution in [2.75, 3.05) is 13.2 Å². The van der Waals surface area contributed by atoms with Crippen LogP contribution in [0.3, 0.4) is 0 Å². The maximum absolute atomic E-state index is 15.1. The summed E-state index contributed by atoms with van der Waals surface area (Å²) in [4.78, 5) is 0. The Morgan fingerprint density at radius 1 is 0.484 bits per heavy atom. The lowest BCUT2D eigenvalue weighted by molar-refractivity contribution is 0.267. The molecule has 0 bridgehead atoms. The number of fused-ring (bicyclic) bond motifs is 6. The van der Waals surface area contributed by atoms with Gasteiger partial charge < -0.3 is 28.8 Å². The molecule has 0 fully saturated rings. The Balaban J connectivity index is 0.900. The number of halogens is 2. The van der Waals surface area contributed by atoms with Crippen LogP contribution < -0.4 is 9.47 Å². The molecule has 10 aromatic rings. The van der Waals surface area contributed by atoms with Crippen molar-refractivity contribution >= 4 is 43.6 Å². The minimum absolute atomic E-state index is 0.0107. The third-order valence-electron chi connectivity index (χ3n) is 11.8. The molecule has 8 aromatic carbocycles. The standard InChI is InChI=1S/C56H42F2N2O4/c1-3-14-36-31-46(56(62)52(32-36)60-49-21-10-6-17-41(49)42-18-7-11-22-50(42)60)44-34-38(58)24-26-54(44)64-28-13-12-27-63-53-25-23-37(57)33-43(53)45-29-35(2)30-51(55(45)61)59-47-19-8-4-15-39(47)40-16-5-9-20-48(40)59/h4-11,15-26,29-34,61-62H,12-13,27-28H2,1-2H3. The number of aromatic hydroxyl groups is 2. The zero-order valence-electron chi connectivity index (χ0n) is 35.2. The molecule has 2 aromatic heterocycles. The number of hydrogen-bond donors (Lipinski definition) is 2. The number of hydrogen-bond acceptors (Lipinski definition) is 4. The van der Waals surface area contributed by atoms with Crippen LogP contribution in [0.25, 0.3) is 77.2 Å². The Labute approximate surface area is 368 Å². The van der Waals surface area contributed by atoms with Crippen LogP contribution in [0.2, 0.25) is 0 Å². The topological polar surface area (TPSA) is 68.8 Å². The molecule has 0 aliphatic heterocycles. The summed E-state index contributed by atoms with van der Waals surface area (Å²) < 4.78 is 46.7. The molecular formula is C56H42F2N2O4. The van der Waals surface area contributed by atoms with Gasteiger partial charge in [-0.3, -0.25) is 0 Å². The summed E-state index contributed by atoms with van der Waals surface area (Å²) in [6.45, 7) is 4.26. The quantitative estimate of drug-likeness (QED) is 0.101. The van der Waals surface area contributed by atoms with Crippen LogP contribution in [0.4, 0.5) is 8.78 Å². The zero-order chi connectivity index (χ0) is 43.9. The van der Waals surface area contributed by atoms with Gasteiger partial charge in [-0.25, -0.2) is 8.78 Å². The lowest BCUT2D eigenvalue weighted by Crippen LogP contribution is -2.05. The molecule has 0 spiro atoms. The summed E-state index contributed by atoms with van der Waals surface area (Å²) >= 11 is 0. The Kier molecular flexibility index (Phi) is 10.4. The molecule has 0 aliphatic rings. The van der Waals surface area contributed by atoms with Gasteiger partial charge in [0.1, 0.15) is 34.6 Å². The van der Waals surface area contributed by atoms with E-state index in [0.29, 0.717) is 63.5 Å². The minimum Gasteiger partial charge on any atom is -0.505 e. The number of para-hydroxylation sites is 4. The number of ether oxygens (including phenoxy) is 2. The van der Waals surface area contributed by atoms with Crippen LogP contribution in [0.15, 0.2) is 158 Å². The van der Waals surface area contributed by atoms with E-state index < -0.39 is 11.6 Å². The van der Waals surface area contributed by atoms with Crippen LogP contribution >= 0.6 is 0 Å². The monoisotopic (exact) mass is 844 g/mol. The number of phenolic OH excluding ortho intramolecular Hbond substituents is 2. The van der Waals surface area contributed by atoms with Crippen molar-refractivity contribution in [3.8, 4) is 68.5 Å². The summed E-state index contributed by atoms with van der Waals surface area (Å²) in [6, 6.07) is 48.2. The van der Waals surface area contributed by atoms with E-state index in [4.69, 9.17) is 9.47 Å². The highest BCUT2D eigenvalue weighted by Gasteiger charge is 2.23. The second-order valence-corrected chi connectivity index (χ2v) is 15.9. The van der Waals surface area contributed by atoms with E-state index in [2.05, 4.69) is 36.1 Å². The van der Waals surface area contributed by atoms with Gasteiger partial charge in [-0.2, -0.15) is 0 Å². The smallest absolute Gasteiger partial charge is 0.147 e. The number of unbranched alkanes of at least 4 members (excludes halogenated alkanes) is 1. The first-order valence-electron chi connectivity index (χ1n) is 21.2. The molecule has 64 heavy (non-hydrogen) atoms. The largest absolute Gasteiger partial charge is 0.505 e. The van der Waals surface area contributed by atoms with Gasteiger partial charge in [-0.1, -0.05) is 78.7 Å². The van der Waals surface area contributed by atoms with E-state index >= 15 is 4.39 Å².